The molecule has 0 saturated carbocycles. The lowest BCUT2D eigenvalue weighted by Crippen LogP contribution is -2.30. The zero-order chi connectivity index (χ0) is 18.6. The predicted molar refractivity (Wildman–Crippen MR) is 100.0 cm³/mol. The summed E-state index contributed by atoms with van der Waals surface area (Å²) in [5.74, 6) is 0.360. The van der Waals surface area contributed by atoms with Gasteiger partial charge in [-0.3, -0.25) is 0 Å². The highest BCUT2D eigenvalue weighted by Gasteiger charge is 2.19. The molecule has 0 aliphatic carbocycles. The van der Waals surface area contributed by atoms with Gasteiger partial charge in [-0.2, -0.15) is 4.80 Å². The average Bonchev–Trinajstić information content (AvgIpc) is 3.12. The van der Waals surface area contributed by atoms with Gasteiger partial charge in [0.05, 0.1) is 12.3 Å². The summed E-state index contributed by atoms with van der Waals surface area (Å²) in [6.07, 6.45) is 0. The Morgan fingerprint density at radius 3 is 2.46 bits per heavy atom. The van der Waals surface area contributed by atoms with Crippen LogP contribution < -0.4 is 0 Å². The smallest absolute Gasteiger partial charge is 0.212 e. The van der Waals surface area contributed by atoms with Crippen LogP contribution in [0.4, 0.5) is 0 Å². The molecule has 0 bridgehead atoms. The van der Waals surface area contributed by atoms with Crippen LogP contribution in [0.5, 0.6) is 0 Å². The number of sulfonamides is 1. The van der Waals surface area contributed by atoms with E-state index in [0.717, 1.165) is 11.1 Å². The summed E-state index contributed by atoms with van der Waals surface area (Å²) in [6, 6.07) is 16.5. The predicted octanol–water partition coefficient (Wildman–Crippen LogP) is 2.46. The minimum absolute atomic E-state index is 0.109. The Morgan fingerprint density at radius 1 is 1.08 bits per heavy atom. The molecule has 9 heteroatoms. The van der Waals surface area contributed by atoms with E-state index in [9.17, 15) is 8.42 Å². The van der Waals surface area contributed by atoms with Crippen LogP contribution in [0.2, 0.25) is 5.02 Å². The van der Waals surface area contributed by atoms with E-state index in [0.29, 0.717) is 10.8 Å². The molecule has 0 N–H and O–H groups in total. The number of halogens is 1. The fraction of sp³-hybridized carbons (Fsp3) is 0.235. The molecule has 0 radical (unpaired) electrons. The van der Waals surface area contributed by atoms with E-state index in [4.69, 9.17) is 11.6 Å². The second-order valence-electron chi connectivity index (χ2n) is 5.77. The van der Waals surface area contributed by atoms with Gasteiger partial charge in [-0.05, 0) is 22.9 Å². The molecule has 0 spiro atoms. The van der Waals surface area contributed by atoms with Crippen LogP contribution in [0.1, 0.15) is 5.56 Å². The van der Waals surface area contributed by atoms with E-state index < -0.39 is 10.0 Å². The number of hydrogen-bond donors (Lipinski definition) is 0. The molecule has 136 valence electrons. The number of hydrogen-bond acceptors (Lipinski definition) is 5. The number of nitrogens with zero attached hydrogens (tertiary/aromatic N) is 5. The number of benzene rings is 2. The lowest BCUT2D eigenvalue weighted by Gasteiger charge is -2.17. The number of rotatable bonds is 7. The third-order valence-electron chi connectivity index (χ3n) is 3.83. The van der Waals surface area contributed by atoms with Gasteiger partial charge in [0.25, 0.3) is 0 Å². The first kappa shape index (κ1) is 18.5. The second kappa shape index (κ2) is 7.94. The standard InChI is InChI=1S/C17H18ClN5O2S/c1-22(13-14-7-9-16(18)10-8-14)26(24,25)12-11-23-20-17(19-21-23)15-5-3-2-4-6-15/h2-10H,11-13H2,1H3. The van der Waals surface area contributed by atoms with Crippen LogP contribution in [-0.2, 0) is 23.1 Å². The van der Waals surface area contributed by atoms with Crippen molar-refractivity contribution >= 4 is 21.6 Å². The van der Waals surface area contributed by atoms with E-state index >= 15 is 0 Å². The van der Waals surface area contributed by atoms with Crippen LogP contribution in [0.25, 0.3) is 11.4 Å². The lowest BCUT2D eigenvalue weighted by molar-refractivity contribution is 0.456. The molecule has 26 heavy (non-hydrogen) atoms. The van der Waals surface area contributed by atoms with E-state index in [1.165, 1.54) is 9.10 Å². The van der Waals surface area contributed by atoms with Crippen LogP contribution in [0.3, 0.4) is 0 Å². The molecule has 2 aromatic carbocycles. The SMILES string of the molecule is CN(Cc1ccc(Cl)cc1)S(=O)(=O)CCn1nnc(-c2ccccc2)n1. The molecule has 3 aromatic rings. The van der Waals surface area contributed by atoms with Gasteiger partial charge >= 0.3 is 0 Å². The Kier molecular flexibility index (Phi) is 5.65. The third-order valence-corrected chi connectivity index (χ3v) is 5.86. The Bertz CT molecular complexity index is 958. The van der Waals surface area contributed by atoms with Crippen molar-refractivity contribution in [1.82, 2.24) is 24.5 Å². The second-order valence-corrected chi connectivity index (χ2v) is 8.41. The van der Waals surface area contributed by atoms with Crippen molar-refractivity contribution in [3.05, 3.63) is 65.2 Å². The number of aromatic nitrogens is 4. The first-order chi connectivity index (χ1) is 12.4. The average molecular weight is 392 g/mol. The van der Waals surface area contributed by atoms with Crippen molar-refractivity contribution in [3.8, 4) is 11.4 Å². The van der Waals surface area contributed by atoms with Crippen molar-refractivity contribution in [1.29, 1.82) is 0 Å². The molecular formula is C17H18ClN5O2S. The molecule has 0 aliphatic rings. The largest absolute Gasteiger partial charge is 0.216 e. The maximum Gasteiger partial charge on any atom is 0.216 e. The normalized spacial score (nSPS) is 11.8. The summed E-state index contributed by atoms with van der Waals surface area (Å²) in [4.78, 5) is 1.30. The quantitative estimate of drug-likeness (QED) is 0.618. The van der Waals surface area contributed by atoms with Gasteiger partial charge in [0.2, 0.25) is 15.8 Å². The first-order valence-electron chi connectivity index (χ1n) is 7.96. The maximum atomic E-state index is 12.5. The van der Waals surface area contributed by atoms with Crippen LogP contribution >= 0.6 is 11.6 Å². The third kappa shape index (κ3) is 4.66. The molecule has 0 unspecified atom stereocenters. The lowest BCUT2D eigenvalue weighted by atomic mass is 10.2. The summed E-state index contributed by atoms with van der Waals surface area (Å²) in [6.45, 7) is 0.409. The summed E-state index contributed by atoms with van der Waals surface area (Å²) in [5.41, 5.74) is 1.70. The van der Waals surface area contributed by atoms with Crippen LogP contribution in [0, 0.1) is 0 Å². The summed E-state index contributed by atoms with van der Waals surface area (Å²) in [7, 11) is -1.90. The van der Waals surface area contributed by atoms with E-state index in [1.54, 1.807) is 31.3 Å². The van der Waals surface area contributed by atoms with Gasteiger partial charge in [0.15, 0.2) is 0 Å². The van der Waals surface area contributed by atoms with Crippen molar-refractivity contribution in [2.45, 2.75) is 13.1 Å². The number of tetrazole rings is 1. The van der Waals surface area contributed by atoms with Gasteiger partial charge in [-0.15, -0.1) is 10.2 Å². The highest BCUT2D eigenvalue weighted by atomic mass is 35.5. The van der Waals surface area contributed by atoms with E-state index in [2.05, 4.69) is 15.4 Å². The molecule has 7 nitrogen and oxygen atoms in total. The molecule has 1 heterocycles. The fourth-order valence-electron chi connectivity index (χ4n) is 2.34. The monoisotopic (exact) mass is 391 g/mol. The molecule has 0 amide bonds. The Balaban J connectivity index is 1.61. The highest BCUT2D eigenvalue weighted by molar-refractivity contribution is 7.89. The van der Waals surface area contributed by atoms with Crippen molar-refractivity contribution in [2.24, 2.45) is 0 Å². The molecule has 3 rings (SSSR count). The molecule has 1 aromatic heterocycles. The van der Waals surface area contributed by atoms with Crippen LogP contribution in [-0.4, -0.2) is 45.7 Å². The Morgan fingerprint density at radius 2 is 1.77 bits per heavy atom. The highest BCUT2D eigenvalue weighted by Crippen LogP contribution is 2.14. The minimum Gasteiger partial charge on any atom is -0.212 e. The minimum atomic E-state index is -3.45. The molecule has 0 saturated heterocycles. The van der Waals surface area contributed by atoms with Gasteiger partial charge in [0, 0.05) is 24.2 Å². The zero-order valence-corrected chi connectivity index (χ0v) is 15.7. The first-order valence-corrected chi connectivity index (χ1v) is 9.94. The van der Waals surface area contributed by atoms with Gasteiger partial charge in [0.1, 0.15) is 0 Å². The Labute approximate surface area is 157 Å². The molecule has 0 aliphatic heterocycles. The summed E-state index contributed by atoms with van der Waals surface area (Å²) >= 11 is 5.85. The van der Waals surface area contributed by atoms with Crippen molar-refractivity contribution < 1.29 is 8.42 Å². The van der Waals surface area contributed by atoms with E-state index in [-0.39, 0.29) is 18.8 Å². The fourth-order valence-corrected chi connectivity index (χ4v) is 3.52. The van der Waals surface area contributed by atoms with Gasteiger partial charge in [-0.25, -0.2) is 12.7 Å². The maximum absolute atomic E-state index is 12.5. The summed E-state index contributed by atoms with van der Waals surface area (Å²) < 4.78 is 26.2. The van der Waals surface area contributed by atoms with Crippen molar-refractivity contribution in [2.75, 3.05) is 12.8 Å². The molecular weight excluding hydrogens is 374 g/mol. The Hall–Kier alpha value is -2.29. The van der Waals surface area contributed by atoms with E-state index in [1.807, 2.05) is 30.3 Å². The number of aryl methyl sites for hydroxylation is 1. The van der Waals surface area contributed by atoms with Crippen LogP contribution in [0.15, 0.2) is 54.6 Å². The topological polar surface area (TPSA) is 81.0 Å². The van der Waals surface area contributed by atoms with Gasteiger partial charge in [-0.1, -0.05) is 54.1 Å². The summed E-state index contributed by atoms with van der Waals surface area (Å²) in [5, 5.41) is 12.7. The van der Waals surface area contributed by atoms with Gasteiger partial charge < -0.3 is 0 Å². The van der Waals surface area contributed by atoms with Crippen molar-refractivity contribution in [3.63, 3.8) is 0 Å². The molecule has 0 fully saturated rings. The molecule has 0 atom stereocenters. The zero-order valence-electron chi connectivity index (χ0n) is 14.2.